The molecule has 122 valence electrons. The lowest BCUT2D eigenvalue weighted by Crippen LogP contribution is -2.37. The van der Waals surface area contributed by atoms with Gasteiger partial charge in [-0.2, -0.15) is 0 Å². The lowest BCUT2D eigenvalue weighted by atomic mass is 9.95. The molecule has 1 aromatic carbocycles. The summed E-state index contributed by atoms with van der Waals surface area (Å²) in [6.07, 6.45) is 8.05. The van der Waals surface area contributed by atoms with Crippen LogP contribution in [0.3, 0.4) is 0 Å². The molecule has 0 saturated heterocycles. The van der Waals surface area contributed by atoms with Gasteiger partial charge in [0.05, 0.1) is 11.4 Å². The fourth-order valence-electron chi connectivity index (χ4n) is 2.89. The van der Waals surface area contributed by atoms with Crippen LogP contribution >= 0.6 is 11.3 Å². The molecule has 1 aliphatic rings. The number of hydrogen-bond donors (Lipinski definition) is 2. The second kappa shape index (κ2) is 7.70. The van der Waals surface area contributed by atoms with Gasteiger partial charge in [0, 0.05) is 12.2 Å². The SMILES string of the molecule is Cc1ccc(-c2cnc(NC(=O)CNC3CCCCC3)s2)cc1. The zero-order valence-corrected chi connectivity index (χ0v) is 14.3. The fourth-order valence-corrected chi connectivity index (χ4v) is 3.73. The van der Waals surface area contributed by atoms with Crippen LogP contribution in [0, 0.1) is 6.92 Å². The molecule has 0 atom stereocenters. The predicted molar refractivity (Wildman–Crippen MR) is 95.8 cm³/mol. The summed E-state index contributed by atoms with van der Waals surface area (Å²) in [7, 11) is 0. The van der Waals surface area contributed by atoms with Gasteiger partial charge < -0.3 is 10.6 Å². The third-order valence-electron chi connectivity index (χ3n) is 4.24. The Bertz CT molecular complexity index is 645. The Hall–Kier alpha value is -1.72. The second-order valence-electron chi connectivity index (χ2n) is 6.16. The number of benzene rings is 1. The maximum absolute atomic E-state index is 12.0. The Labute approximate surface area is 141 Å². The number of carbonyl (C=O) groups is 1. The van der Waals surface area contributed by atoms with E-state index in [9.17, 15) is 4.79 Å². The van der Waals surface area contributed by atoms with Gasteiger partial charge in [0.15, 0.2) is 5.13 Å². The van der Waals surface area contributed by atoms with E-state index >= 15 is 0 Å². The number of amides is 1. The molecule has 1 aromatic heterocycles. The van der Waals surface area contributed by atoms with Crippen LogP contribution in [0.2, 0.25) is 0 Å². The molecule has 1 aliphatic carbocycles. The van der Waals surface area contributed by atoms with Crippen LogP contribution in [0.15, 0.2) is 30.5 Å². The number of carbonyl (C=O) groups excluding carboxylic acids is 1. The molecule has 0 spiro atoms. The largest absolute Gasteiger partial charge is 0.306 e. The van der Waals surface area contributed by atoms with E-state index in [1.165, 1.54) is 49.0 Å². The Balaban J connectivity index is 1.51. The standard InChI is InChI=1S/C18H23N3OS/c1-13-7-9-14(10-8-13)16-11-20-18(23-16)21-17(22)12-19-15-5-3-2-4-6-15/h7-11,15,19H,2-6,12H2,1H3,(H,20,21,22). The van der Waals surface area contributed by atoms with Crippen molar-refractivity contribution in [3.05, 3.63) is 36.0 Å². The van der Waals surface area contributed by atoms with E-state index in [4.69, 9.17) is 0 Å². The second-order valence-corrected chi connectivity index (χ2v) is 7.19. The Morgan fingerprint density at radius 1 is 1.22 bits per heavy atom. The quantitative estimate of drug-likeness (QED) is 0.872. The monoisotopic (exact) mass is 329 g/mol. The molecule has 1 amide bonds. The van der Waals surface area contributed by atoms with E-state index in [1.54, 1.807) is 0 Å². The van der Waals surface area contributed by atoms with Gasteiger partial charge in [0.2, 0.25) is 5.91 Å². The predicted octanol–water partition coefficient (Wildman–Crippen LogP) is 3.98. The van der Waals surface area contributed by atoms with Crippen LogP contribution in [0.1, 0.15) is 37.7 Å². The molecule has 5 heteroatoms. The molecule has 0 aliphatic heterocycles. The highest BCUT2D eigenvalue weighted by Crippen LogP contribution is 2.29. The molecule has 0 bridgehead atoms. The molecule has 3 rings (SSSR count). The first kappa shape index (κ1) is 16.1. The summed E-state index contributed by atoms with van der Waals surface area (Å²) in [4.78, 5) is 17.4. The van der Waals surface area contributed by atoms with Crippen molar-refractivity contribution in [2.45, 2.75) is 45.1 Å². The number of aryl methyl sites for hydroxylation is 1. The van der Waals surface area contributed by atoms with Crippen molar-refractivity contribution in [2.24, 2.45) is 0 Å². The third kappa shape index (κ3) is 4.62. The van der Waals surface area contributed by atoms with Crippen molar-refractivity contribution in [3.8, 4) is 10.4 Å². The van der Waals surface area contributed by atoms with Gasteiger partial charge in [-0.05, 0) is 25.3 Å². The summed E-state index contributed by atoms with van der Waals surface area (Å²) >= 11 is 1.51. The average molecular weight is 329 g/mol. The Morgan fingerprint density at radius 2 is 1.96 bits per heavy atom. The van der Waals surface area contributed by atoms with Gasteiger partial charge >= 0.3 is 0 Å². The van der Waals surface area contributed by atoms with Gasteiger partial charge in [-0.3, -0.25) is 4.79 Å². The summed E-state index contributed by atoms with van der Waals surface area (Å²) in [5.74, 6) is -0.0135. The zero-order chi connectivity index (χ0) is 16.1. The Kier molecular flexibility index (Phi) is 5.41. The van der Waals surface area contributed by atoms with Crippen molar-refractivity contribution in [1.29, 1.82) is 0 Å². The summed E-state index contributed by atoms with van der Waals surface area (Å²) in [5.41, 5.74) is 2.37. The maximum Gasteiger partial charge on any atom is 0.240 e. The summed E-state index contributed by atoms with van der Waals surface area (Å²) in [6.45, 7) is 2.44. The van der Waals surface area contributed by atoms with Gasteiger partial charge in [-0.25, -0.2) is 4.98 Å². The normalized spacial score (nSPS) is 15.5. The summed E-state index contributed by atoms with van der Waals surface area (Å²) in [6, 6.07) is 8.83. The maximum atomic E-state index is 12.0. The number of hydrogen-bond acceptors (Lipinski definition) is 4. The van der Waals surface area contributed by atoms with Gasteiger partial charge in [-0.15, -0.1) is 0 Å². The van der Waals surface area contributed by atoms with E-state index in [0.717, 1.165) is 10.4 Å². The molecule has 0 radical (unpaired) electrons. The van der Waals surface area contributed by atoms with E-state index in [2.05, 4.69) is 46.8 Å². The number of rotatable bonds is 5. The summed E-state index contributed by atoms with van der Waals surface area (Å²) < 4.78 is 0. The van der Waals surface area contributed by atoms with Gasteiger partial charge in [-0.1, -0.05) is 60.4 Å². The number of anilines is 1. The minimum atomic E-state index is -0.0135. The average Bonchev–Trinajstić information content (AvgIpc) is 3.03. The van der Waals surface area contributed by atoms with Crippen molar-refractivity contribution in [3.63, 3.8) is 0 Å². The smallest absolute Gasteiger partial charge is 0.240 e. The van der Waals surface area contributed by atoms with Gasteiger partial charge in [0.25, 0.3) is 0 Å². The van der Waals surface area contributed by atoms with E-state index in [-0.39, 0.29) is 5.91 Å². The number of thiazole rings is 1. The molecule has 23 heavy (non-hydrogen) atoms. The molecular formula is C18H23N3OS. The fraction of sp³-hybridized carbons (Fsp3) is 0.444. The molecule has 2 aromatic rings. The van der Waals surface area contributed by atoms with Crippen LogP contribution in [0.25, 0.3) is 10.4 Å². The first-order chi connectivity index (χ1) is 11.2. The van der Waals surface area contributed by atoms with Crippen LogP contribution in [0.4, 0.5) is 5.13 Å². The topological polar surface area (TPSA) is 54.0 Å². The molecule has 0 unspecified atom stereocenters. The minimum absolute atomic E-state index is 0.0135. The van der Waals surface area contributed by atoms with Crippen LogP contribution in [0.5, 0.6) is 0 Å². The van der Waals surface area contributed by atoms with E-state index in [1.807, 2.05) is 6.20 Å². The number of nitrogens with one attached hydrogen (secondary N) is 2. The highest BCUT2D eigenvalue weighted by atomic mass is 32.1. The van der Waals surface area contributed by atoms with Crippen LogP contribution in [-0.4, -0.2) is 23.5 Å². The van der Waals surface area contributed by atoms with Crippen molar-refractivity contribution >= 4 is 22.4 Å². The van der Waals surface area contributed by atoms with E-state index < -0.39 is 0 Å². The van der Waals surface area contributed by atoms with Crippen LogP contribution < -0.4 is 10.6 Å². The van der Waals surface area contributed by atoms with Crippen LogP contribution in [-0.2, 0) is 4.79 Å². The zero-order valence-electron chi connectivity index (χ0n) is 13.5. The first-order valence-corrected chi connectivity index (χ1v) is 9.08. The molecule has 2 N–H and O–H groups in total. The van der Waals surface area contributed by atoms with E-state index in [0.29, 0.717) is 17.7 Å². The molecular weight excluding hydrogens is 306 g/mol. The highest BCUT2D eigenvalue weighted by Gasteiger charge is 2.14. The third-order valence-corrected chi connectivity index (χ3v) is 5.21. The molecule has 1 heterocycles. The minimum Gasteiger partial charge on any atom is -0.306 e. The molecule has 1 saturated carbocycles. The number of aromatic nitrogens is 1. The van der Waals surface area contributed by atoms with Gasteiger partial charge in [0.1, 0.15) is 0 Å². The number of nitrogens with zero attached hydrogens (tertiary/aromatic N) is 1. The molecule has 4 nitrogen and oxygen atoms in total. The lowest BCUT2D eigenvalue weighted by Gasteiger charge is -2.22. The summed E-state index contributed by atoms with van der Waals surface area (Å²) in [5, 5.41) is 6.90. The lowest BCUT2D eigenvalue weighted by molar-refractivity contribution is -0.115. The first-order valence-electron chi connectivity index (χ1n) is 8.27. The van der Waals surface area contributed by atoms with Crippen molar-refractivity contribution in [1.82, 2.24) is 10.3 Å². The van der Waals surface area contributed by atoms with Crippen molar-refractivity contribution in [2.75, 3.05) is 11.9 Å². The molecule has 1 fully saturated rings. The Morgan fingerprint density at radius 3 is 2.70 bits per heavy atom. The van der Waals surface area contributed by atoms with Crippen molar-refractivity contribution < 1.29 is 4.79 Å². The highest BCUT2D eigenvalue weighted by molar-refractivity contribution is 7.19.